The van der Waals surface area contributed by atoms with Crippen LogP contribution in [0.25, 0.3) is 0 Å². The second-order valence-electron chi connectivity index (χ2n) is 3.89. The standard InChI is InChI=1S/C14H10ClN3O/c15-12-5-4-9(8-16)6-13(12)18-14(19)10-2-1-3-11(17)7-10/h1-7H,17H2,(H,18,19). The van der Waals surface area contributed by atoms with Gasteiger partial charge in [-0.05, 0) is 36.4 Å². The zero-order valence-corrected chi connectivity index (χ0v) is 10.6. The molecular weight excluding hydrogens is 262 g/mol. The number of nitrogens with zero attached hydrogens (tertiary/aromatic N) is 1. The summed E-state index contributed by atoms with van der Waals surface area (Å²) in [6.45, 7) is 0. The van der Waals surface area contributed by atoms with Gasteiger partial charge in [0.2, 0.25) is 0 Å². The molecule has 0 saturated carbocycles. The molecule has 0 radical (unpaired) electrons. The summed E-state index contributed by atoms with van der Waals surface area (Å²) >= 11 is 5.97. The summed E-state index contributed by atoms with van der Waals surface area (Å²) in [4.78, 5) is 12.0. The van der Waals surface area contributed by atoms with Crippen molar-refractivity contribution in [1.82, 2.24) is 0 Å². The Morgan fingerprint density at radius 3 is 2.74 bits per heavy atom. The fourth-order valence-electron chi connectivity index (χ4n) is 1.57. The molecule has 0 fully saturated rings. The van der Waals surface area contributed by atoms with E-state index in [1.54, 1.807) is 36.4 Å². The number of nitrogens with two attached hydrogens (primary N) is 1. The Morgan fingerprint density at radius 1 is 1.26 bits per heavy atom. The van der Waals surface area contributed by atoms with E-state index in [4.69, 9.17) is 22.6 Å². The van der Waals surface area contributed by atoms with Gasteiger partial charge in [0, 0.05) is 11.3 Å². The summed E-state index contributed by atoms with van der Waals surface area (Å²) in [5.74, 6) is -0.329. The van der Waals surface area contributed by atoms with E-state index in [-0.39, 0.29) is 5.91 Å². The van der Waals surface area contributed by atoms with E-state index < -0.39 is 0 Å². The molecule has 0 heterocycles. The number of nitrogens with one attached hydrogen (secondary N) is 1. The van der Waals surface area contributed by atoms with Crippen molar-refractivity contribution >= 4 is 28.9 Å². The molecule has 0 spiro atoms. The molecule has 94 valence electrons. The van der Waals surface area contributed by atoms with Crippen molar-refractivity contribution in [2.24, 2.45) is 0 Å². The molecule has 1 amide bonds. The average Bonchev–Trinajstić information content (AvgIpc) is 2.41. The molecule has 0 bridgehead atoms. The van der Waals surface area contributed by atoms with E-state index in [1.807, 2.05) is 6.07 Å². The van der Waals surface area contributed by atoms with Gasteiger partial charge in [0.1, 0.15) is 0 Å². The SMILES string of the molecule is N#Cc1ccc(Cl)c(NC(=O)c2cccc(N)c2)c1. The van der Waals surface area contributed by atoms with Crippen LogP contribution in [0.2, 0.25) is 5.02 Å². The second kappa shape index (κ2) is 5.42. The van der Waals surface area contributed by atoms with E-state index in [9.17, 15) is 4.79 Å². The second-order valence-corrected chi connectivity index (χ2v) is 4.29. The zero-order valence-electron chi connectivity index (χ0n) is 9.85. The highest BCUT2D eigenvalue weighted by Gasteiger charge is 2.09. The fraction of sp³-hybridized carbons (Fsp3) is 0. The molecule has 0 aliphatic heterocycles. The molecule has 4 nitrogen and oxygen atoms in total. The van der Waals surface area contributed by atoms with Crippen LogP contribution in [-0.4, -0.2) is 5.91 Å². The van der Waals surface area contributed by atoms with Crippen molar-refractivity contribution in [3.8, 4) is 6.07 Å². The number of hydrogen-bond donors (Lipinski definition) is 2. The van der Waals surface area contributed by atoms with Gasteiger partial charge in [-0.1, -0.05) is 17.7 Å². The monoisotopic (exact) mass is 271 g/mol. The number of benzene rings is 2. The summed E-state index contributed by atoms with van der Waals surface area (Å²) in [7, 11) is 0. The predicted molar refractivity (Wildman–Crippen MR) is 75.0 cm³/mol. The molecular formula is C14H10ClN3O. The number of nitrogen functional groups attached to an aromatic ring is 1. The van der Waals surface area contributed by atoms with Crippen LogP contribution in [0.5, 0.6) is 0 Å². The minimum atomic E-state index is -0.329. The Labute approximate surface area is 115 Å². The minimum absolute atomic E-state index is 0.329. The first-order valence-electron chi connectivity index (χ1n) is 5.46. The number of carbonyl (C=O) groups excluding carboxylic acids is 1. The van der Waals surface area contributed by atoms with Crippen molar-refractivity contribution in [2.45, 2.75) is 0 Å². The van der Waals surface area contributed by atoms with Crippen LogP contribution in [0, 0.1) is 11.3 Å². The third-order valence-electron chi connectivity index (χ3n) is 2.49. The number of rotatable bonds is 2. The quantitative estimate of drug-likeness (QED) is 0.824. The number of anilines is 2. The maximum atomic E-state index is 12.0. The fourth-order valence-corrected chi connectivity index (χ4v) is 1.73. The highest BCUT2D eigenvalue weighted by Crippen LogP contribution is 2.23. The minimum Gasteiger partial charge on any atom is -0.399 e. The van der Waals surface area contributed by atoms with Gasteiger partial charge in [0.15, 0.2) is 0 Å². The Morgan fingerprint density at radius 2 is 2.05 bits per heavy atom. The first-order chi connectivity index (χ1) is 9.10. The Kier molecular flexibility index (Phi) is 3.69. The summed E-state index contributed by atoms with van der Waals surface area (Å²) in [5.41, 5.74) is 7.37. The summed E-state index contributed by atoms with van der Waals surface area (Å²) in [5, 5.41) is 11.8. The molecule has 0 saturated heterocycles. The van der Waals surface area contributed by atoms with Gasteiger partial charge >= 0.3 is 0 Å². The van der Waals surface area contributed by atoms with E-state index >= 15 is 0 Å². The maximum absolute atomic E-state index is 12.0. The number of amides is 1. The lowest BCUT2D eigenvalue weighted by Gasteiger charge is -2.08. The van der Waals surface area contributed by atoms with Crippen molar-refractivity contribution < 1.29 is 4.79 Å². The zero-order chi connectivity index (χ0) is 13.8. The molecule has 0 aliphatic carbocycles. The van der Waals surface area contributed by atoms with Crippen molar-refractivity contribution in [1.29, 1.82) is 5.26 Å². The maximum Gasteiger partial charge on any atom is 0.255 e. The molecule has 2 aromatic carbocycles. The molecule has 5 heteroatoms. The highest BCUT2D eigenvalue weighted by atomic mass is 35.5. The lowest BCUT2D eigenvalue weighted by atomic mass is 10.1. The largest absolute Gasteiger partial charge is 0.399 e. The van der Waals surface area contributed by atoms with E-state index in [2.05, 4.69) is 5.32 Å². The third kappa shape index (κ3) is 3.03. The average molecular weight is 272 g/mol. The van der Waals surface area contributed by atoms with E-state index in [0.29, 0.717) is 27.5 Å². The molecule has 0 atom stereocenters. The van der Waals surface area contributed by atoms with Gasteiger partial charge in [-0.25, -0.2) is 0 Å². The van der Waals surface area contributed by atoms with Crippen LogP contribution in [-0.2, 0) is 0 Å². The van der Waals surface area contributed by atoms with Crippen LogP contribution in [0.3, 0.4) is 0 Å². The Bertz CT molecular complexity index is 677. The molecule has 19 heavy (non-hydrogen) atoms. The number of nitriles is 1. The van der Waals surface area contributed by atoms with E-state index in [0.717, 1.165) is 0 Å². The van der Waals surface area contributed by atoms with Gasteiger partial charge in [-0.3, -0.25) is 4.79 Å². The van der Waals surface area contributed by atoms with Gasteiger partial charge in [0.25, 0.3) is 5.91 Å². The first kappa shape index (κ1) is 12.9. The predicted octanol–water partition coefficient (Wildman–Crippen LogP) is 3.05. The van der Waals surface area contributed by atoms with Crippen molar-refractivity contribution in [2.75, 3.05) is 11.1 Å². The Balaban J connectivity index is 2.27. The first-order valence-corrected chi connectivity index (χ1v) is 5.84. The Hall–Kier alpha value is -2.51. The van der Waals surface area contributed by atoms with Gasteiger partial charge in [-0.2, -0.15) is 5.26 Å². The molecule has 0 unspecified atom stereocenters. The van der Waals surface area contributed by atoms with Crippen LogP contribution in [0.15, 0.2) is 42.5 Å². The number of hydrogen-bond acceptors (Lipinski definition) is 3. The molecule has 0 aliphatic rings. The van der Waals surface area contributed by atoms with Gasteiger partial charge in [-0.15, -0.1) is 0 Å². The van der Waals surface area contributed by atoms with Crippen LogP contribution >= 0.6 is 11.6 Å². The van der Waals surface area contributed by atoms with Crippen LogP contribution < -0.4 is 11.1 Å². The summed E-state index contributed by atoms with van der Waals surface area (Å²) in [6, 6.07) is 13.3. The van der Waals surface area contributed by atoms with Gasteiger partial charge < -0.3 is 11.1 Å². The normalized spacial score (nSPS) is 9.68. The van der Waals surface area contributed by atoms with Gasteiger partial charge in [0.05, 0.1) is 22.3 Å². The smallest absolute Gasteiger partial charge is 0.255 e. The molecule has 0 aromatic heterocycles. The van der Waals surface area contributed by atoms with Crippen LogP contribution in [0.1, 0.15) is 15.9 Å². The lowest BCUT2D eigenvalue weighted by molar-refractivity contribution is 0.102. The third-order valence-corrected chi connectivity index (χ3v) is 2.82. The topological polar surface area (TPSA) is 78.9 Å². The highest BCUT2D eigenvalue weighted by molar-refractivity contribution is 6.34. The summed E-state index contributed by atoms with van der Waals surface area (Å²) in [6.07, 6.45) is 0. The molecule has 3 N–H and O–H groups in total. The molecule has 2 rings (SSSR count). The van der Waals surface area contributed by atoms with Crippen molar-refractivity contribution in [3.05, 3.63) is 58.6 Å². The van der Waals surface area contributed by atoms with Crippen molar-refractivity contribution in [3.63, 3.8) is 0 Å². The molecule has 2 aromatic rings. The summed E-state index contributed by atoms with van der Waals surface area (Å²) < 4.78 is 0. The van der Waals surface area contributed by atoms with Crippen LogP contribution in [0.4, 0.5) is 11.4 Å². The lowest BCUT2D eigenvalue weighted by Crippen LogP contribution is -2.12. The number of halogens is 1. The number of carbonyl (C=O) groups is 1. The van der Waals surface area contributed by atoms with E-state index in [1.165, 1.54) is 6.07 Å².